The van der Waals surface area contributed by atoms with E-state index < -0.39 is 37.1 Å². The van der Waals surface area contributed by atoms with Crippen LogP contribution in [0.3, 0.4) is 0 Å². The Kier molecular flexibility index (Phi) is 9.23. The van der Waals surface area contributed by atoms with Crippen LogP contribution in [-0.2, 0) is 36.2 Å². The first-order valence-corrected chi connectivity index (χ1v) is 17.8. The summed E-state index contributed by atoms with van der Waals surface area (Å²) in [6.45, 7) is 18.7. The summed E-state index contributed by atoms with van der Waals surface area (Å²) in [7, 11) is -8.12. The lowest BCUT2D eigenvalue weighted by atomic mass is 9.87. The molecule has 0 spiro atoms. The fourth-order valence-electron chi connectivity index (χ4n) is 5.06. The zero-order valence-corrected chi connectivity index (χ0v) is 29.0. The van der Waals surface area contributed by atoms with Crippen molar-refractivity contribution in [1.29, 1.82) is 0 Å². The summed E-state index contributed by atoms with van der Waals surface area (Å²) < 4.78 is 77.2. The SMILES string of the molecule is CC(C)(C)c1ccc(S(OS(=O)(=O)c2ccccc2C(F)(F)F)(c2ccc(C(C)(C)C)cc2)c2ccc(C(C)(C)C)cc2)cc1. The molecule has 4 rings (SSSR count). The smallest absolute Gasteiger partial charge is 0.203 e. The quantitative estimate of drug-likeness (QED) is 0.207. The molecule has 0 saturated carbocycles. The average Bonchev–Trinajstić information content (AvgIpc) is 2.94. The molecular weight excluding hydrogens is 614 g/mol. The molecule has 0 bridgehead atoms. The molecule has 0 saturated heterocycles. The Morgan fingerprint density at radius 3 is 1.09 bits per heavy atom. The first kappa shape index (κ1) is 34.8. The van der Waals surface area contributed by atoms with Gasteiger partial charge in [-0.1, -0.05) is 111 Å². The number of benzene rings is 4. The minimum Gasteiger partial charge on any atom is -0.203 e. The minimum atomic E-state index is -4.97. The molecule has 0 N–H and O–H groups in total. The van der Waals surface area contributed by atoms with Gasteiger partial charge < -0.3 is 0 Å². The van der Waals surface area contributed by atoms with E-state index in [1.54, 1.807) is 0 Å². The largest absolute Gasteiger partial charge is 0.417 e. The number of rotatable bonds is 6. The minimum absolute atomic E-state index is 0.183. The van der Waals surface area contributed by atoms with E-state index in [-0.39, 0.29) is 16.2 Å². The molecule has 0 heterocycles. The predicted molar refractivity (Wildman–Crippen MR) is 178 cm³/mol. The second-order valence-electron chi connectivity index (χ2n) is 14.4. The van der Waals surface area contributed by atoms with Crippen LogP contribution in [-0.4, -0.2) is 8.42 Å². The third-order valence-electron chi connectivity index (χ3n) is 7.81. The maximum absolute atomic E-state index is 14.2. The van der Waals surface area contributed by atoms with E-state index in [4.69, 9.17) is 3.63 Å². The summed E-state index contributed by atoms with van der Waals surface area (Å²) in [5.74, 6) is 0. The topological polar surface area (TPSA) is 43.4 Å². The van der Waals surface area contributed by atoms with Gasteiger partial charge in [0.05, 0.1) is 5.56 Å². The summed E-state index contributed by atoms with van der Waals surface area (Å²) in [5, 5.41) is 0. The lowest BCUT2D eigenvalue weighted by Crippen LogP contribution is -2.19. The van der Waals surface area contributed by atoms with Gasteiger partial charge in [0.25, 0.3) is 0 Å². The van der Waals surface area contributed by atoms with Crippen LogP contribution in [0.25, 0.3) is 0 Å². The molecule has 8 heteroatoms. The van der Waals surface area contributed by atoms with Crippen LogP contribution in [0.15, 0.2) is 117 Å². The number of hydrogen-bond acceptors (Lipinski definition) is 3. The van der Waals surface area contributed by atoms with Gasteiger partial charge in [-0.2, -0.15) is 21.6 Å². The van der Waals surface area contributed by atoms with Crippen molar-refractivity contribution in [1.82, 2.24) is 0 Å². The van der Waals surface area contributed by atoms with E-state index >= 15 is 0 Å². The van der Waals surface area contributed by atoms with Crippen molar-refractivity contribution in [2.24, 2.45) is 0 Å². The second-order valence-corrected chi connectivity index (χ2v) is 18.8. The summed E-state index contributed by atoms with van der Waals surface area (Å²) in [6.07, 6.45) is -4.90. The summed E-state index contributed by atoms with van der Waals surface area (Å²) >= 11 is 0. The van der Waals surface area contributed by atoms with Gasteiger partial charge in [-0.05, 0) is 91.8 Å². The number of alkyl halides is 3. The maximum atomic E-state index is 14.2. The third kappa shape index (κ3) is 7.34. The van der Waals surface area contributed by atoms with E-state index in [2.05, 4.69) is 62.3 Å². The van der Waals surface area contributed by atoms with Gasteiger partial charge in [0.15, 0.2) is 0 Å². The highest BCUT2D eigenvalue weighted by atomic mass is 32.3. The molecule has 0 unspecified atom stereocenters. The van der Waals surface area contributed by atoms with E-state index in [9.17, 15) is 21.6 Å². The third-order valence-corrected chi connectivity index (χ3v) is 13.0. The van der Waals surface area contributed by atoms with Crippen LogP contribution in [0.1, 0.15) is 84.6 Å². The van der Waals surface area contributed by atoms with Crippen LogP contribution >= 0.6 is 10.3 Å². The Balaban J connectivity index is 2.10. The van der Waals surface area contributed by atoms with E-state index in [0.29, 0.717) is 14.7 Å². The van der Waals surface area contributed by atoms with Crippen LogP contribution < -0.4 is 0 Å². The van der Waals surface area contributed by atoms with Crippen molar-refractivity contribution < 1.29 is 25.2 Å². The molecule has 0 aromatic heterocycles. The monoisotopic (exact) mass is 656 g/mol. The average molecular weight is 657 g/mol. The Bertz CT molecular complexity index is 1600. The first-order chi connectivity index (χ1) is 20.6. The fourth-order valence-corrected chi connectivity index (χ4v) is 10.4. The van der Waals surface area contributed by atoms with E-state index in [1.165, 1.54) is 12.1 Å². The molecule has 0 aliphatic heterocycles. The first-order valence-electron chi connectivity index (χ1n) is 14.8. The molecule has 0 fully saturated rings. The van der Waals surface area contributed by atoms with Crippen molar-refractivity contribution in [3.8, 4) is 0 Å². The molecular formula is C37H43F3O3S2. The lowest BCUT2D eigenvalue weighted by molar-refractivity contribution is -0.139. The zero-order chi connectivity index (χ0) is 33.6. The number of halogens is 3. The van der Waals surface area contributed by atoms with Crippen LogP contribution in [0.4, 0.5) is 13.2 Å². The van der Waals surface area contributed by atoms with Crippen molar-refractivity contribution in [2.45, 2.75) is 104 Å². The second kappa shape index (κ2) is 11.9. The van der Waals surface area contributed by atoms with E-state index in [1.807, 2.05) is 72.8 Å². The predicted octanol–water partition coefficient (Wildman–Crippen LogP) is 11.2. The van der Waals surface area contributed by atoms with Gasteiger partial charge in [-0.3, -0.25) is 0 Å². The Labute approximate surface area is 268 Å². The Morgan fingerprint density at radius 1 is 0.489 bits per heavy atom. The molecule has 0 aliphatic carbocycles. The van der Waals surface area contributed by atoms with Gasteiger partial charge in [0.2, 0.25) is 0 Å². The van der Waals surface area contributed by atoms with Gasteiger partial charge in [-0.25, -0.2) is 3.63 Å². The highest BCUT2D eigenvalue weighted by molar-refractivity contribution is 8.33. The molecule has 45 heavy (non-hydrogen) atoms. The Morgan fingerprint density at radius 2 is 0.800 bits per heavy atom. The number of hydrogen-bond donors (Lipinski definition) is 0. The highest BCUT2D eigenvalue weighted by Gasteiger charge is 2.43. The zero-order valence-electron chi connectivity index (χ0n) is 27.4. The Hall–Kier alpha value is -3.07. The van der Waals surface area contributed by atoms with Crippen LogP contribution in [0.2, 0.25) is 0 Å². The highest BCUT2D eigenvalue weighted by Crippen LogP contribution is 2.70. The van der Waals surface area contributed by atoms with Crippen molar-refractivity contribution in [2.75, 3.05) is 0 Å². The molecule has 0 aliphatic rings. The van der Waals surface area contributed by atoms with Crippen molar-refractivity contribution >= 4 is 20.4 Å². The van der Waals surface area contributed by atoms with Gasteiger partial charge in [0, 0.05) is 14.7 Å². The summed E-state index contributed by atoms with van der Waals surface area (Å²) in [5.41, 5.74) is 1.25. The molecule has 0 radical (unpaired) electrons. The molecule has 0 atom stereocenters. The summed E-state index contributed by atoms with van der Waals surface area (Å²) in [4.78, 5) is 0.736. The maximum Gasteiger partial charge on any atom is 0.417 e. The van der Waals surface area contributed by atoms with Gasteiger partial charge >= 0.3 is 16.3 Å². The van der Waals surface area contributed by atoms with Crippen molar-refractivity contribution in [3.63, 3.8) is 0 Å². The summed E-state index contributed by atoms with van der Waals surface area (Å²) in [6, 6.07) is 26.8. The van der Waals surface area contributed by atoms with Gasteiger partial charge in [-0.15, -0.1) is 0 Å². The fraction of sp³-hybridized carbons (Fsp3) is 0.351. The van der Waals surface area contributed by atoms with Crippen LogP contribution in [0.5, 0.6) is 0 Å². The standard InChI is InChI=1S/C37H43F3O3S2/c1-34(2,3)26-14-20-29(21-15-26)44(30-22-16-27(17-23-30)35(4,5)6,31-24-18-28(19-25-31)36(7,8)9)43-45(41,42)33-13-11-10-12-32(33)37(38,39)40/h10-25H,1-9H3. The normalized spacial score (nSPS) is 14.0. The lowest BCUT2D eigenvalue weighted by Gasteiger charge is -2.40. The molecule has 4 aromatic carbocycles. The van der Waals surface area contributed by atoms with Gasteiger partial charge in [0.1, 0.15) is 4.90 Å². The molecule has 242 valence electrons. The molecule has 4 aromatic rings. The van der Waals surface area contributed by atoms with E-state index in [0.717, 1.165) is 28.8 Å². The molecule has 0 amide bonds. The van der Waals surface area contributed by atoms with Crippen molar-refractivity contribution in [3.05, 3.63) is 119 Å². The van der Waals surface area contributed by atoms with Crippen LogP contribution in [0, 0.1) is 0 Å². The molecule has 3 nitrogen and oxygen atoms in total.